The number of anilines is 1. The van der Waals surface area contributed by atoms with Crippen LogP contribution in [-0.4, -0.2) is 33.0 Å². The Morgan fingerprint density at radius 2 is 2.29 bits per heavy atom. The zero-order valence-electron chi connectivity index (χ0n) is 10.4. The highest BCUT2D eigenvalue weighted by atomic mass is 32.2. The van der Waals surface area contributed by atoms with E-state index in [0.29, 0.717) is 22.7 Å². The number of aryl methyl sites for hydroxylation is 1. The number of hydrogen-bond acceptors (Lipinski definition) is 5. The van der Waals surface area contributed by atoms with Crippen LogP contribution in [0.15, 0.2) is 6.07 Å². The standard InChI is InChI=1S/C11H18N4S2/c1-7(4-5-17-3)13-11-14-8(2)6-9(15-11)10(12)16/h6-7H,4-5H2,1-3H3,(H2,12,16)(H,13,14,15). The molecule has 1 unspecified atom stereocenters. The van der Waals surface area contributed by atoms with Gasteiger partial charge in [0.25, 0.3) is 0 Å². The first-order valence-electron chi connectivity index (χ1n) is 5.44. The van der Waals surface area contributed by atoms with Crippen LogP contribution >= 0.6 is 24.0 Å². The Morgan fingerprint density at radius 3 is 2.88 bits per heavy atom. The third-order valence-corrected chi connectivity index (χ3v) is 3.09. The Bertz CT molecular complexity index is 395. The Labute approximate surface area is 112 Å². The van der Waals surface area contributed by atoms with Crippen molar-refractivity contribution in [2.75, 3.05) is 17.3 Å². The number of rotatable bonds is 6. The molecule has 6 heteroatoms. The molecule has 0 aromatic carbocycles. The zero-order valence-corrected chi connectivity index (χ0v) is 12.0. The Morgan fingerprint density at radius 1 is 1.59 bits per heavy atom. The van der Waals surface area contributed by atoms with Gasteiger partial charge in [-0.1, -0.05) is 12.2 Å². The molecule has 94 valence electrons. The minimum atomic E-state index is 0.301. The lowest BCUT2D eigenvalue weighted by molar-refractivity contribution is 0.758. The molecule has 3 N–H and O–H groups in total. The van der Waals surface area contributed by atoms with Gasteiger partial charge >= 0.3 is 0 Å². The summed E-state index contributed by atoms with van der Waals surface area (Å²) in [6.07, 6.45) is 3.17. The maximum atomic E-state index is 5.57. The van der Waals surface area contributed by atoms with Gasteiger partial charge in [0.15, 0.2) is 0 Å². The van der Waals surface area contributed by atoms with E-state index in [4.69, 9.17) is 18.0 Å². The van der Waals surface area contributed by atoms with E-state index < -0.39 is 0 Å². The zero-order chi connectivity index (χ0) is 12.8. The summed E-state index contributed by atoms with van der Waals surface area (Å²) in [6.45, 7) is 4.02. The van der Waals surface area contributed by atoms with Crippen LogP contribution in [0.1, 0.15) is 24.7 Å². The number of thiocarbonyl (C=S) groups is 1. The molecule has 1 rings (SSSR count). The van der Waals surface area contributed by atoms with E-state index in [2.05, 4.69) is 28.5 Å². The number of thioether (sulfide) groups is 1. The average molecular weight is 270 g/mol. The van der Waals surface area contributed by atoms with Crippen LogP contribution in [0.25, 0.3) is 0 Å². The summed E-state index contributed by atoms with van der Waals surface area (Å²) in [6, 6.07) is 2.13. The highest BCUT2D eigenvalue weighted by Crippen LogP contribution is 2.09. The topological polar surface area (TPSA) is 63.8 Å². The Kier molecular flexibility index (Phi) is 5.64. The Hall–Kier alpha value is -0.880. The summed E-state index contributed by atoms with van der Waals surface area (Å²) in [7, 11) is 0. The predicted molar refractivity (Wildman–Crippen MR) is 78.7 cm³/mol. The van der Waals surface area contributed by atoms with Gasteiger partial charge in [-0.15, -0.1) is 0 Å². The van der Waals surface area contributed by atoms with E-state index in [1.165, 1.54) is 0 Å². The van der Waals surface area contributed by atoms with Crippen molar-refractivity contribution in [2.24, 2.45) is 5.73 Å². The molecule has 0 spiro atoms. The first-order chi connectivity index (χ1) is 8.02. The molecule has 0 bridgehead atoms. The molecular formula is C11H18N4S2. The second-order valence-electron chi connectivity index (χ2n) is 3.91. The predicted octanol–water partition coefficient (Wildman–Crippen LogP) is 1.97. The molecule has 1 aromatic heterocycles. The highest BCUT2D eigenvalue weighted by Gasteiger charge is 2.07. The quantitative estimate of drug-likeness (QED) is 0.771. The summed E-state index contributed by atoms with van der Waals surface area (Å²) in [5, 5.41) is 3.26. The molecule has 0 aliphatic heterocycles. The minimum Gasteiger partial charge on any atom is -0.388 e. The van der Waals surface area contributed by atoms with Gasteiger partial charge in [-0.25, -0.2) is 9.97 Å². The van der Waals surface area contributed by atoms with Gasteiger partial charge in [0, 0.05) is 11.7 Å². The van der Waals surface area contributed by atoms with Crippen LogP contribution in [0.3, 0.4) is 0 Å². The maximum Gasteiger partial charge on any atom is 0.223 e. The summed E-state index contributed by atoms with van der Waals surface area (Å²) < 4.78 is 0. The molecule has 0 radical (unpaired) electrons. The first-order valence-corrected chi connectivity index (χ1v) is 7.24. The van der Waals surface area contributed by atoms with Crippen molar-refractivity contribution in [3.63, 3.8) is 0 Å². The molecule has 1 atom stereocenters. The molecule has 1 aromatic rings. The number of hydrogen-bond donors (Lipinski definition) is 2. The van der Waals surface area contributed by atoms with E-state index >= 15 is 0 Å². The fourth-order valence-electron chi connectivity index (χ4n) is 1.35. The molecule has 0 fully saturated rings. The van der Waals surface area contributed by atoms with E-state index in [0.717, 1.165) is 17.9 Å². The van der Waals surface area contributed by atoms with Crippen molar-refractivity contribution in [3.05, 3.63) is 17.5 Å². The van der Waals surface area contributed by atoms with E-state index in [1.807, 2.05) is 18.7 Å². The Balaban J connectivity index is 2.73. The largest absolute Gasteiger partial charge is 0.388 e. The van der Waals surface area contributed by atoms with Crippen LogP contribution in [0.2, 0.25) is 0 Å². The van der Waals surface area contributed by atoms with Crippen molar-refractivity contribution < 1.29 is 0 Å². The van der Waals surface area contributed by atoms with Gasteiger partial charge in [-0.2, -0.15) is 11.8 Å². The second kappa shape index (κ2) is 6.76. The molecule has 0 aliphatic carbocycles. The molecule has 4 nitrogen and oxygen atoms in total. The smallest absolute Gasteiger partial charge is 0.223 e. The molecular weight excluding hydrogens is 252 g/mol. The van der Waals surface area contributed by atoms with E-state index in [1.54, 1.807) is 6.07 Å². The van der Waals surface area contributed by atoms with Crippen molar-refractivity contribution in [1.29, 1.82) is 0 Å². The summed E-state index contributed by atoms with van der Waals surface area (Å²) in [5.74, 6) is 1.71. The maximum absolute atomic E-state index is 5.57. The third kappa shape index (κ3) is 4.87. The van der Waals surface area contributed by atoms with Crippen molar-refractivity contribution in [3.8, 4) is 0 Å². The molecule has 0 amide bonds. The lowest BCUT2D eigenvalue weighted by Gasteiger charge is -2.14. The monoisotopic (exact) mass is 270 g/mol. The fourth-order valence-corrected chi connectivity index (χ4v) is 2.04. The van der Waals surface area contributed by atoms with Crippen LogP contribution in [-0.2, 0) is 0 Å². The molecule has 0 saturated heterocycles. The number of nitrogens with one attached hydrogen (secondary N) is 1. The van der Waals surface area contributed by atoms with Crippen LogP contribution in [0, 0.1) is 6.92 Å². The lowest BCUT2D eigenvalue weighted by atomic mass is 10.2. The van der Waals surface area contributed by atoms with Crippen LogP contribution in [0.5, 0.6) is 0 Å². The fraction of sp³-hybridized carbons (Fsp3) is 0.545. The number of nitrogens with zero attached hydrogens (tertiary/aromatic N) is 2. The second-order valence-corrected chi connectivity index (χ2v) is 5.33. The SMILES string of the molecule is CSCCC(C)Nc1nc(C)cc(C(N)=S)n1. The minimum absolute atomic E-state index is 0.301. The van der Waals surface area contributed by atoms with Crippen molar-refractivity contribution >= 4 is 34.9 Å². The lowest BCUT2D eigenvalue weighted by Crippen LogP contribution is -2.20. The third-order valence-electron chi connectivity index (χ3n) is 2.24. The van der Waals surface area contributed by atoms with Gasteiger partial charge in [-0.05, 0) is 38.3 Å². The molecule has 17 heavy (non-hydrogen) atoms. The average Bonchev–Trinajstić information content (AvgIpc) is 2.25. The summed E-state index contributed by atoms with van der Waals surface area (Å²) in [4.78, 5) is 8.91. The van der Waals surface area contributed by atoms with Gasteiger partial charge < -0.3 is 11.1 Å². The van der Waals surface area contributed by atoms with Gasteiger partial charge in [-0.3, -0.25) is 0 Å². The summed E-state index contributed by atoms with van der Waals surface area (Å²) in [5.41, 5.74) is 7.05. The van der Waals surface area contributed by atoms with Crippen LogP contribution < -0.4 is 11.1 Å². The van der Waals surface area contributed by atoms with Crippen LogP contribution in [0.4, 0.5) is 5.95 Å². The highest BCUT2D eigenvalue weighted by molar-refractivity contribution is 7.98. The van der Waals surface area contributed by atoms with Crippen molar-refractivity contribution in [2.45, 2.75) is 26.3 Å². The molecule has 0 saturated carbocycles. The normalized spacial score (nSPS) is 12.2. The summed E-state index contributed by atoms with van der Waals surface area (Å²) >= 11 is 6.75. The molecule has 0 aliphatic rings. The van der Waals surface area contributed by atoms with Gasteiger partial charge in [0.1, 0.15) is 10.7 Å². The van der Waals surface area contributed by atoms with Gasteiger partial charge in [0.05, 0.1) is 0 Å². The number of aromatic nitrogens is 2. The van der Waals surface area contributed by atoms with Crippen molar-refractivity contribution in [1.82, 2.24) is 9.97 Å². The number of nitrogens with two attached hydrogens (primary N) is 1. The molecule has 1 heterocycles. The van der Waals surface area contributed by atoms with E-state index in [9.17, 15) is 0 Å². The first kappa shape index (κ1) is 14.2. The van der Waals surface area contributed by atoms with E-state index in [-0.39, 0.29) is 0 Å². The van der Waals surface area contributed by atoms with Gasteiger partial charge in [0.2, 0.25) is 5.95 Å².